The van der Waals surface area contributed by atoms with Crippen molar-refractivity contribution in [1.29, 1.82) is 0 Å². The van der Waals surface area contributed by atoms with Gasteiger partial charge in [-0.25, -0.2) is 0 Å². The number of benzene rings is 2. The molecule has 0 saturated carbocycles. The molecular formula is C17H16N4O2S. The topological polar surface area (TPSA) is 79.6 Å². The van der Waals surface area contributed by atoms with E-state index in [-0.39, 0.29) is 10.8 Å². The van der Waals surface area contributed by atoms with Crippen LogP contribution >= 0.6 is 12.2 Å². The summed E-state index contributed by atoms with van der Waals surface area (Å²) < 4.78 is 0. The van der Waals surface area contributed by atoms with Gasteiger partial charge in [-0.2, -0.15) is 5.10 Å². The molecule has 6 nitrogen and oxygen atoms in total. The van der Waals surface area contributed by atoms with Gasteiger partial charge in [0, 0.05) is 6.07 Å². The number of allylic oxidation sites excluding steroid dienone is 1. The number of rotatable bonds is 5. The number of nitrogens with one attached hydrogen (secondary N) is 2. The minimum absolute atomic E-state index is 0.0502. The number of nitro groups is 1. The lowest BCUT2D eigenvalue weighted by atomic mass is 10.1. The Morgan fingerprint density at radius 2 is 1.83 bits per heavy atom. The fraction of sp³-hybridized carbons (Fsp3) is 0.0588. The summed E-state index contributed by atoms with van der Waals surface area (Å²) >= 11 is 5.09. The van der Waals surface area contributed by atoms with Crippen molar-refractivity contribution in [3.05, 3.63) is 75.8 Å². The van der Waals surface area contributed by atoms with E-state index in [1.165, 1.54) is 6.07 Å². The van der Waals surface area contributed by atoms with Gasteiger partial charge in [0.1, 0.15) is 5.69 Å². The smallest absolute Gasteiger partial charge is 0.292 e. The van der Waals surface area contributed by atoms with Gasteiger partial charge < -0.3 is 5.32 Å². The quantitative estimate of drug-likeness (QED) is 0.373. The van der Waals surface area contributed by atoms with E-state index < -0.39 is 4.92 Å². The fourth-order valence-corrected chi connectivity index (χ4v) is 2.09. The van der Waals surface area contributed by atoms with E-state index in [9.17, 15) is 10.1 Å². The first-order valence-electron chi connectivity index (χ1n) is 7.13. The van der Waals surface area contributed by atoms with Crippen molar-refractivity contribution in [3.63, 3.8) is 0 Å². The Balaban J connectivity index is 1.94. The number of para-hydroxylation sites is 2. The molecule has 24 heavy (non-hydrogen) atoms. The zero-order chi connectivity index (χ0) is 17.4. The second kappa shape index (κ2) is 8.54. The Kier molecular flexibility index (Phi) is 6.16. The molecule has 2 aromatic rings. The summed E-state index contributed by atoms with van der Waals surface area (Å²) in [7, 11) is 0. The van der Waals surface area contributed by atoms with E-state index in [1.54, 1.807) is 24.4 Å². The minimum Gasteiger partial charge on any atom is -0.326 e. The van der Waals surface area contributed by atoms with Crippen LogP contribution in [-0.2, 0) is 0 Å². The van der Waals surface area contributed by atoms with Crippen LogP contribution < -0.4 is 10.7 Å². The van der Waals surface area contributed by atoms with Gasteiger partial charge in [0.15, 0.2) is 5.11 Å². The molecule has 0 aliphatic carbocycles. The predicted octanol–water partition coefficient (Wildman–Crippen LogP) is 3.97. The average molecular weight is 340 g/mol. The molecule has 122 valence electrons. The van der Waals surface area contributed by atoms with Crippen molar-refractivity contribution in [3.8, 4) is 0 Å². The molecule has 2 N–H and O–H groups in total. The maximum Gasteiger partial charge on any atom is 0.292 e. The molecule has 0 unspecified atom stereocenters. The van der Waals surface area contributed by atoms with Gasteiger partial charge >= 0.3 is 0 Å². The lowest BCUT2D eigenvalue weighted by Crippen LogP contribution is -2.24. The molecule has 0 aliphatic rings. The molecule has 0 bridgehead atoms. The van der Waals surface area contributed by atoms with Crippen LogP contribution in [0, 0.1) is 10.1 Å². The van der Waals surface area contributed by atoms with Crippen LogP contribution in [0.25, 0.3) is 6.08 Å². The van der Waals surface area contributed by atoms with E-state index in [0.29, 0.717) is 5.69 Å². The monoisotopic (exact) mass is 340 g/mol. The van der Waals surface area contributed by atoms with Crippen LogP contribution in [0.15, 0.2) is 65.3 Å². The summed E-state index contributed by atoms with van der Waals surface area (Å²) in [4.78, 5) is 10.5. The van der Waals surface area contributed by atoms with E-state index in [2.05, 4.69) is 15.8 Å². The SMILES string of the molecule is CC(/C=N\NC(=S)Nc1ccccc1[N+](=O)[O-])=C\c1ccccc1. The molecule has 0 aliphatic heterocycles. The molecular weight excluding hydrogens is 324 g/mol. The highest BCUT2D eigenvalue weighted by Crippen LogP contribution is 2.22. The predicted molar refractivity (Wildman–Crippen MR) is 101 cm³/mol. The van der Waals surface area contributed by atoms with Gasteiger partial charge in [0.25, 0.3) is 5.69 Å². The molecule has 0 amide bonds. The molecule has 0 spiro atoms. The Hall–Kier alpha value is -3.06. The van der Waals surface area contributed by atoms with Crippen LogP contribution in [0.4, 0.5) is 11.4 Å². The van der Waals surface area contributed by atoms with Crippen molar-refractivity contribution in [2.75, 3.05) is 5.32 Å². The summed E-state index contributed by atoms with van der Waals surface area (Å²) in [6, 6.07) is 16.1. The van der Waals surface area contributed by atoms with E-state index in [1.807, 2.05) is 43.3 Å². The van der Waals surface area contributed by atoms with Crippen LogP contribution in [0.1, 0.15) is 12.5 Å². The maximum absolute atomic E-state index is 10.9. The standard InChI is InChI=1S/C17H16N4O2S/c1-13(11-14-7-3-2-4-8-14)12-18-20-17(24)19-15-9-5-6-10-16(15)21(22)23/h2-12H,1H3,(H2,19,20,24)/b13-11+,18-12-. The van der Waals surface area contributed by atoms with Crippen LogP contribution in [0.2, 0.25) is 0 Å². The largest absolute Gasteiger partial charge is 0.326 e. The Morgan fingerprint density at radius 3 is 2.54 bits per heavy atom. The summed E-state index contributed by atoms with van der Waals surface area (Å²) in [6.07, 6.45) is 3.60. The summed E-state index contributed by atoms with van der Waals surface area (Å²) in [5, 5.41) is 17.9. The van der Waals surface area contributed by atoms with Gasteiger partial charge in [-0.3, -0.25) is 15.5 Å². The average Bonchev–Trinajstić information content (AvgIpc) is 2.56. The molecule has 0 saturated heterocycles. The third-order valence-electron chi connectivity index (χ3n) is 2.98. The van der Waals surface area contributed by atoms with Crippen molar-refractivity contribution in [1.82, 2.24) is 5.43 Å². The molecule has 0 radical (unpaired) electrons. The highest BCUT2D eigenvalue weighted by atomic mass is 32.1. The van der Waals surface area contributed by atoms with Gasteiger partial charge in [-0.1, -0.05) is 48.5 Å². The first-order chi connectivity index (χ1) is 11.6. The first-order valence-corrected chi connectivity index (χ1v) is 7.54. The lowest BCUT2D eigenvalue weighted by molar-refractivity contribution is -0.383. The minimum atomic E-state index is -0.471. The summed E-state index contributed by atoms with van der Waals surface area (Å²) in [5.41, 5.74) is 4.91. The normalized spacial score (nSPS) is 11.3. The fourth-order valence-electron chi connectivity index (χ4n) is 1.93. The molecule has 0 aromatic heterocycles. The number of hydrogen-bond acceptors (Lipinski definition) is 4. The molecule has 0 fully saturated rings. The third kappa shape index (κ3) is 5.29. The Labute approximate surface area is 145 Å². The second-order valence-electron chi connectivity index (χ2n) is 4.90. The van der Waals surface area contributed by atoms with E-state index >= 15 is 0 Å². The number of hydrogen-bond donors (Lipinski definition) is 2. The van der Waals surface area contributed by atoms with Gasteiger partial charge in [-0.05, 0) is 36.3 Å². The number of hydrazone groups is 1. The van der Waals surface area contributed by atoms with Crippen LogP contribution in [0.5, 0.6) is 0 Å². The summed E-state index contributed by atoms with van der Waals surface area (Å²) in [6.45, 7) is 1.91. The van der Waals surface area contributed by atoms with Gasteiger partial charge in [0.05, 0.1) is 11.1 Å². The summed E-state index contributed by atoms with van der Waals surface area (Å²) in [5.74, 6) is 0. The van der Waals surface area contributed by atoms with Crippen LogP contribution in [-0.4, -0.2) is 16.3 Å². The first kappa shape index (κ1) is 17.3. The van der Waals surface area contributed by atoms with Crippen molar-refractivity contribution in [2.24, 2.45) is 5.10 Å². The van der Waals surface area contributed by atoms with Crippen molar-refractivity contribution in [2.45, 2.75) is 6.92 Å². The molecule has 0 heterocycles. The molecule has 2 rings (SSSR count). The number of thiocarbonyl (C=S) groups is 1. The molecule has 2 aromatic carbocycles. The molecule has 0 atom stereocenters. The van der Waals surface area contributed by atoms with Gasteiger partial charge in [-0.15, -0.1) is 0 Å². The zero-order valence-electron chi connectivity index (χ0n) is 13.0. The van der Waals surface area contributed by atoms with E-state index in [4.69, 9.17) is 12.2 Å². The Bertz CT molecular complexity index is 788. The highest BCUT2D eigenvalue weighted by molar-refractivity contribution is 7.80. The second-order valence-corrected chi connectivity index (χ2v) is 5.31. The number of nitro benzene ring substituents is 1. The highest BCUT2D eigenvalue weighted by Gasteiger charge is 2.12. The number of anilines is 1. The van der Waals surface area contributed by atoms with E-state index in [0.717, 1.165) is 11.1 Å². The lowest BCUT2D eigenvalue weighted by Gasteiger charge is -2.07. The van der Waals surface area contributed by atoms with Crippen LogP contribution in [0.3, 0.4) is 0 Å². The molecule has 7 heteroatoms. The zero-order valence-corrected chi connectivity index (χ0v) is 13.8. The maximum atomic E-state index is 10.9. The van der Waals surface area contributed by atoms with Crippen molar-refractivity contribution < 1.29 is 4.92 Å². The third-order valence-corrected chi connectivity index (χ3v) is 3.17. The van der Waals surface area contributed by atoms with Gasteiger partial charge in [0.2, 0.25) is 0 Å². The number of nitrogens with zero attached hydrogens (tertiary/aromatic N) is 2. The van der Waals surface area contributed by atoms with Crippen molar-refractivity contribution >= 4 is 41.0 Å². The Morgan fingerprint density at radius 1 is 1.17 bits per heavy atom.